The molecule has 0 aliphatic carbocycles. The summed E-state index contributed by atoms with van der Waals surface area (Å²) in [7, 11) is 1.33. The smallest absolute Gasteiger partial charge is 0.328 e. The molecule has 0 atom stereocenters. The standard InChI is InChI=1S/C12H12O4/c1-16-12(15)8-10-4-2-3-9(7-10)5-6-11(13)14/h2-7H,8H2,1H3,(H,13,14)/b6-5+. The second-order valence-corrected chi connectivity index (χ2v) is 3.17. The van der Waals surface area contributed by atoms with E-state index in [1.807, 2.05) is 0 Å². The van der Waals surface area contributed by atoms with E-state index in [2.05, 4.69) is 4.74 Å². The largest absolute Gasteiger partial charge is 0.478 e. The zero-order valence-electron chi connectivity index (χ0n) is 8.84. The van der Waals surface area contributed by atoms with Crippen LogP contribution in [0.4, 0.5) is 0 Å². The number of aliphatic carboxylic acids is 1. The van der Waals surface area contributed by atoms with Crippen LogP contribution in [0.25, 0.3) is 6.08 Å². The lowest BCUT2D eigenvalue weighted by molar-refractivity contribution is -0.139. The minimum Gasteiger partial charge on any atom is -0.478 e. The first-order valence-corrected chi connectivity index (χ1v) is 4.68. The van der Waals surface area contributed by atoms with Crippen LogP contribution in [0, 0.1) is 0 Å². The summed E-state index contributed by atoms with van der Waals surface area (Å²) in [4.78, 5) is 21.3. The van der Waals surface area contributed by atoms with Crippen LogP contribution in [0.3, 0.4) is 0 Å². The molecular weight excluding hydrogens is 208 g/mol. The molecule has 0 heterocycles. The Morgan fingerprint density at radius 3 is 2.81 bits per heavy atom. The van der Waals surface area contributed by atoms with Crippen molar-refractivity contribution in [1.82, 2.24) is 0 Å². The van der Waals surface area contributed by atoms with Gasteiger partial charge in [-0.1, -0.05) is 24.3 Å². The lowest BCUT2D eigenvalue weighted by atomic mass is 10.1. The van der Waals surface area contributed by atoms with Crippen LogP contribution in [0.2, 0.25) is 0 Å². The molecule has 0 aliphatic rings. The van der Waals surface area contributed by atoms with Gasteiger partial charge in [0, 0.05) is 6.08 Å². The topological polar surface area (TPSA) is 63.6 Å². The number of hydrogen-bond acceptors (Lipinski definition) is 3. The van der Waals surface area contributed by atoms with Crippen LogP contribution in [0.5, 0.6) is 0 Å². The summed E-state index contributed by atoms with van der Waals surface area (Å²) in [5, 5.41) is 8.47. The van der Waals surface area contributed by atoms with Gasteiger partial charge in [0.15, 0.2) is 0 Å². The van der Waals surface area contributed by atoms with Crippen molar-refractivity contribution < 1.29 is 19.4 Å². The van der Waals surface area contributed by atoms with Gasteiger partial charge in [-0.3, -0.25) is 4.79 Å². The molecule has 4 heteroatoms. The van der Waals surface area contributed by atoms with Gasteiger partial charge in [-0.05, 0) is 17.2 Å². The average molecular weight is 220 g/mol. The number of benzene rings is 1. The Kier molecular flexibility index (Phi) is 4.27. The van der Waals surface area contributed by atoms with Crippen molar-refractivity contribution in [2.24, 2.45) is 0 Å². The van der Waals surface area contributed by atoms with Gasteiger partial charge in [-0.15, -0.1) is 0 Å². The molecule has 0 saturated carbocycles. The van der Waals surface area contributed by atoms with Gasteiger partial charge >= 0.3 is 11.9 Å². The van der Waals surface area contributed by atoms with E-state index in [9.17, 15) is 9.59 Å². The van der Waals surface area contributed by atoms with Gasteiger partial charge in [0.2, 0.25) is 0 Å². The summed E-state index contributed by atoms with van der Waals surface area (Å²) in [5.41, 5.74) is 1.53. The van der Waals surface area contributed by atoms with Crippen LogP contribution in [-0.2, 0) is 20.7 Å². The number of carbonyl (C=O) groups is 2. The summed E-state index contributed by atoms with van der Waals surface area (Å²) >= 11 is 0. The number of hydrogen-bond donors (Lipinski definition) is 1. The van der Waals surface area contributed by atoms with Crippen molar-refractivity contribution in [3.05, 3.63) is 41.5 Å². The van der Waals surface area contributed by atoms with E-state index >= 15 is 0 Å². The first-order chi connectivity index (χ1) is 7.61. The minimum atomic E-state index is -1.00. The fraction of sp³-hybridized carbons (Fsp3) is 0.167. The SMILES string of the molecule is COC(=O)Cc1cccc(/C=C/C(=O)O)c1. The molecule has 0 amide bonds. The Labute approximate surface area is 93.2 Å². The number of ether oxygens (including phenoxy) is 1. The number of esters is 1. The van der Waals surface area contributed by atoms with Gasteiger partial charge in [0.1, 0.15) is 0 Å². The highest BCUT2D eigenvalue weighted by molar-refractivity contribution is 5.85. The Balaban J connectivity index is 2.78. The van der Waals surface area contributed by atoms with E-state index in [1.165, 1.54) is 13.2 Å². The van der Waals surface area contributed by atoms with Crippen molar-refractivity contribution in [3.63, 3.8) is 0 Å². The number of carbonyl (C=O) groups excluding carboxylic acids is 1. The van der Waals surface area contributed by atoms with Crippen LogP contribution >= 0.6 is 0 Å². The summed E-state index contributed by atoms with van der Waals surface area (Å²) in [5.74, 6) is -1.32. The molecule has 0 aliphatic heterocycles. The predicted molar refractivity (Wildman–Crippen MR) is 58.8 cm³/mol. The van der Waals surface area contributed by atoms with Gasteiger partial charge in [0.25, 0.3) is 0 Å². The predicted octanol–water partition coefficient (Wildman–Crippen LogP) is 1.50. The molecule has 16 heavy (non-hydrogen) atoms. The third-order valence-corrected chi connectivity index (χ3v) is 1.95. The fourth-order valence-corrected chi connectivity index (χ4v) is 1.21. The molecule has 0 radical (unpaired) electrons. The van der Waals surface area contributed by atoms with E-state index in [-0.39, 0.29) is 12.4 Å². The van der Waals surface area contributed by atoms with Crippen LogP contribution in [0.1, 0.15) is 11.1 Å². The molecule has 0 fully saturated rings. The maximum atomic E-state index is 11.0. The molecule has 84 valence electrons. The lowest BCUT2D eigenvalue weighted by Crippen LogP contribution is -2.04. The van der Waals surface area contributed by atoms with Crippen molar-refractivity contribution >= 4 is 18.0 Å². The Bertz CT molecular complexity index is 421. The second kappa shape index (κ2) is 5.70. The number of carboxylic acids is 1. The van der Waals surface area contributed by atoms with E-state index < -0.39 is 5.97 Å². The number of methoxy groups -OCH3 is 1. The van der Waals surface area contributed by atoms with E-state index in [0.29, 0.717) is 0 Å². The van der Waals surface area contributed by atoms with Crippen molar-refractivity contribution in [3.8, 4) is 0 Å². The second-order valence-electron chi connectivity index (χ2n) is 3.17. The first kappa shape index (κ1) is 12.0. The van der Waals surface area contributed by atoms with Gasteiger partial charge in [0.05, 0.1) is 13.5 Å². The fourth-order valence-electron chi connectivity index (χ4n) is 1.21. The quantitative estimate of drug-likeness (QED) is 0.617. The zero-order chi connectivity index (χ0) is 12.0. The van der Waals surface area contributed by atoms with E-state index in [0.717, 1.165) is 17.2 Å². The number of rotatable bonds is 4. The molecule has 0 saturated heterocycles. The third-order valence-electron chi connectivity index (χ3n) is 1.95. The van der Waals surface area contributed by atoms with Crippen molar-refractivity contribution in [2.45, 2.75) is 6.42 Å². The van der Waals surface area contributed by atoms with E-state index in [4.69, 9.17) is 5.11 Å². The van der Waals surface area contributed by atoms with E-state index in [1.54, 1.807) is 24.3 Å². The molecule has 0 unspecified atom stereocenters. The normalized spacial score (nSPS) is 10.3. The lowest BCUT2D eigenvalue weighted by Gasteiger charge is -2.01. The minimum absolute atomic E-state index is 0.186. The average Bonchev–Trinajstić information content (AvgIpc) is 2.26. The molecule has 1 aromatic rings. The first-order valence-electron chi connectivity index (χ1n) is 4.68. The third kappa shape index (κ3) is 3.96. The van der Waals surface area contributed by atoms with Crippen LogP contribution < -0.4 is 0 Å². The van der Waals surface area contributed by atoms with Crippen LogP contribution in [-0.4, -0.2) is 24.2 Å². The molecule has 1 aromatic carbocycles. The molecule has 0 bridgehead atoms. The molecular formula is C12H12O4. The molecule has 4 nitrogen and oxygen atoms in total. The highest BCUT2D eigenvalue weighted by Crippen LogP contribution is 2.08. The monoisotopic (exact) mass is 220 g/mol. The molecule has 0 spiro atoms. The zero-order valence-corrected chi connectivity index (χ0v) is 8.84. The van der Waals surface area contributed by atoms with Crippen molar-refractivity contribution in [2.75, 3.05) is 7.11 Å². The van der Waals surface area contributed by atoms with Gasteiger partial charge < -0.3 is 9.84 Å². The maximum Gasteiger partial charge on any atom is 0.328 e. The Morgan fingerprint density at radius 1 is 1.44 bits per heavy atom. The highest BCUT2D eigenvalue weighted by Gasteiger charge is 2.02. The Morgan fingerprint density at radius 2 is 2.19 bits per heavy atom. The van der Waals surface area contributed by atoms with Crippen molar-refractivity contribution in [1.29, 1.82) is 0 Å². The van der Waals surface area contributed by atoms with Crippen LogP contribution in [0.15, 0.2) is 30.3 Å². The summed E-state index contributed by atoms with van der Waals surface area (Å²) in [6.07, 6.45) is 2.71. The summed E-state index contributed by atoms with van der Waals surface area (Å²) < 4.78 is 4.54. The number of carboxylic acid groups (broad SMARTS) is 1. The van der Waals surface area contributed by atoms with Gasteiger partial charge in [-0.2, -0.15) is 0 Å². The molecule has 1 N–H and O–H groups in total. The van der Waals surface area contributed by atoms with Gasteiger partial charge in [-0.25, -0.2) is 4.79 Å². The molecule has 1 rings (SSSR count). The summed E-state index contributed by atoms with van der Waals surface area (Å²) in [6.45, 7) is 0. The highest BCUT2D eigenvalue weighted by atomic mass is 16.5. The summed E-state index contributed by atoms with van der Waals surface area (Å²) in [6, 6.07) is 7.06. The maximum absolute atomic E-state index is 11.0. The molecule has 0 aromatic heterocycles. The Hall–Kier alpha value is -2.10.